The monoisotopic (exact) mass is 321 g/mol. The summed E-state index contributed by atoms with van der Waals surface area (Å²) in [6.07, 6.45) is 0. The Morgan fingerprint density at radius 1 is 1.12 bits per heavy atom. The quantitative estimate of drug-likeness (QED) is 0.798. The molecule has 3 aromatic rings. The van der Waals surface area contributed by atoms with Gasteiger partial charge in [0.2, 0.25) is 0 Å². The van der Waals surface area contributed by atoms with Gasteiger partial charge in [-0.2, -0.15) is 5.10 Å². The highest BCUT2D eigenvalue weighted by Gasteiger charge is 2.15. The van der Waals surface area contributed by atoms with Gasteiger partial charge in [-0.1, -0.05) is 29.8 Å². The molecular weight excluding hydrogens is 302 g/mol. The maximum Gasteiger partial charge on any atom is 0.273 e. The second-order valence-electron chi connectivity index (χ2n) is 5.59. The number of aromatic nitrogens is 2. The summed E-state index contributed by atoms with van der Waals surface area (Å²) in [4.78, 5) is 12.5. The number of ether oxygens (including phenoxy) is 1. The average Bonchev–Trinajstić information content (AvgIpc) is 2.99. The summed E-state index contributed by atoms with van der Waals surface area (Å²) in [5.74, 6) is 0.562. The molecule has 1 amide bonds. The van der Waals surface area contributed by atoms with Gasteiger partial charge >= 0.3 is 0 Å². The lowest BCUT2D eigenvalue weighted by Gasteiger charge is -2.05. The second-order valence-corrected chi connectivity index (χ2v) is 5.59. The summed E-state index contributed by atoms with van der Waals surface area (Å²) in [5.41, 5.74) is 4.03. The molecule has 0 aliphatic carbocycles. The van der Waals surface area contributed by atoms with Crippen LogP contribution in [-0.2, 0) is 7.05 Å². The van der Waals surface area contributed by atoms with Crippen molar-refractivity contribution in [3.8, 4) is 17.0 Å². The first kappa shape index (κ1) is 15.8. The number of hydrogen-bond acceptors (Lipinski definition) is 3. The van der Waals surface area contributed by atoms with Gasteiger partial charge in [-0.3, -0.25) is 9.48 Å². The van der Waals surface area contributed by atoms with Crippen LogP contribution in [0.25, 0.3) is 11.3 Å². The fourth-order valence-corrected chi connectivity index (χ4v) is 2.44. The number of nitrogens with one attached hydrogen (secondary N) is 1. The van der Waals surface area contributed by atoms with Gasteiger partial charge in [0.05, 0.1) is 12.8 Å². The standard InChI is InChI=1S/C19H19N3O2/c1-13-7-9-15(10-8-13)20-19(23)18-12-17(21-22(18)2)14-5-4-6-16(11-14)24-3/h4-12H,1-3H3,(H,20,23). The van der Waals surface area contributed by atoms with Gasteiger partial charge in [-0.05, 0) is 37.3 Å². The number of rotatable bonds is 4. The van der Waals surface area contributed by atoms with E-state index in [9.17, 15) is 4.79 Å². The Kier molecular flexibility index (Phi) is 4.33. The number of benzene rings is 2. The van der Waals surface area contributed by atoms with E-state index in [0.29, 0.717) is 5.69 Å². The molecule has 0 aliphatic heterocycles. The molecule has 0 saturated carbocycles. The predicted octanol–water partition coefficient (Wildman–Crippen LogP) is 3.66. The van der Waals surface area contributed by atoms with Gasteiger partial charge < -0.3 is 10.1 Å². The normalized spacial score (nSPS) is 10.5. The van der Waals surface area contributed by atoms with Gasteiger partial charge in [0.15, 0.2) is 0 Å². The second kappa shape index (κ2) is 6.58. The Hall–Kier alpha value is -3.08. The highest BCUT2D eigenvalue weighted by Crippen LogP contribution is 2.23. The number of nitrogens with zero attached hydrogens (tertiary/aromatic N) is 2. The van der Waals surface area contributed by atoms with Crippen LogP contribution in [0.15, 0.2) is 54.6 Å². The SMILES string of the molecule is COc1cccc(-c2cc(C(=O)Nc3ccc(C)cc3)n(C)n2)c1. The molecule has 0 saturated heterocycles. The largest absolute Gasteiger partial charge is 0.497 e. The number of anilines is 1. The van der Waals surface area contributed by atoms with E-state index < -0.39 is 0 Å². The fourth-order valence-electron chi connectivity index (χ4n) is 2.44. The number of hydrogen-bond donors (Lipinski definition) is 1. The number of carbonyl (C=O) groups is 1. The van der Waals surface area contributed by atoms with Crippen LogP contribution < -0.4 is 10.1 Å². The lowest BCUT2D eigenvalue weighted by Crippen LogP contribution is -2.15. The molecule has 3 rings (SSSR count). The first-order chi connectivity index (χ1) is 11.6. The Bertz CT molecular complexity index is 867. The van der Waals surface area contributed by atoms with Crippen LogP contribution in [0, 0.1) is 6.92 Å². The molecule has 1 aromatic heterocycles. The van der Waals surface area contributed by atoms with Crippen molar-refractivity contribution >= 4 is 11.6 Å². The summed E-state index contributed by atoms with van der Waals surface area (Å²) in [7, 11) is 3.38. The van der Waals surface area contributed by atoms with E-state index >= 15 is 0 Å². The van der Waals surface area contributed by atoms with Crippen LogP contribution in [0.1, 0.15) is 16.1 Å². The van der Waals surface area contributed by atoms with Crippen molar-refractivity contribution in [1.82, 2.24) is 9.78 Å². The highest BCUT2D eigenvalue weighted by molar-refractivity contribution is 6.03. The zero-order chi connectivity index (χ0) is 17.1. The lowest BCUT2D eigenvalue weighted by atomic mass is 10.1. The molecule has 0 unspecified atom stereocenters. The number of amides is 1. The molecule has 122 valence electrons. The van der Waals surface area contributed by atoms with Crippen LogP contribution in [-0.4, -0.2) is 22.8 Å². The molecule has 1 N–H and O–H groups in total. The summed E-state index contributed by atoms with van der Waals surface area (Å²) >= 11 is 0. The van der Waals surface area contributed by atoms with Crippen LogP contribution in [0.4, 0.5) is 5.69 Å². The van der Waals surface area contributed by atoms with Crippen LogP contribution >= 0.6 is 0 Å². The molecule has 0 spiro atoms. The van der Waals surface area contributed by atoms with E-state index in [2.05, 4.69) is 10.4 Å². The van der Waals surface area contributed by atoms with E-state index in [4.69, 9.17) is 4.74 Å². The molecule has 0 aliphatic rings. The van der Waals surface area contributed by atoms with Gasteiger partial charge in [0, 0.05) is 18.3 Å². The molecule has 0 fully saturated rings. The summed E-state index contributed by atoms with van der Waals surface area (Å²) < 4.78 is 6.82. The van der Waals surface area contributed by atoms with Crippen LogP contribution in [0.2, 0.25) is 0 Å². The first-order valence-corrected chi connectivity index (χ1v) is 7.63. The zero-order valence-corrected chi connectivity index (χ0v) is 13.9. The molecule has 5 nitrogen and oxygen atoms in total. The molecule has 0 bridgehead atoms. The Morgan fingerprint density at radius 2 is 1.88 bits per heavy atom. The van der Waals surface area contributed by atoms with Crippen molar-refractivity contribution in [2.24, 2.45) is 7.05 Å². The number of methoxy groups -OCH3 is 1. The van der Waals surface area contributed by atoms with Gasteiger partial charge in [-0.25, -0.2) is 0 Å². The van der Waals surface area contributed by atoms with Crippen molar-refractivity contribution in [1.29, 1.82) is 0 Å². The Balaban J connectivity index is 1.85. The third-order valence-corrected chi connectivity index (χ3v) is 3.79. The van der Waals surface area contributed by atoms with Crippen molar-refractivity contribution in [2.75, 3.05) is 12.4 Å². The molecule has 2 aromatic carbocycles. The fraction of sp³-hybridized carbons (Fsp3) is 0.158. The summed E-state index contributed by atoms with van der Waals surface area (Å²) in [6.45, 7) is 2.01. The smallest absolute Gasteiger partial charge is 0.273 e. The molecular formula is C19H19N3O2. The van der Waals surface area contributed by atoms with Crippen LogP contribution in [0.5, 0.6) is 5.75 Å². The first-order valence-electron chi connectivity index (χ1n) is 7.63. The van der Waals surface area contributed by atoms with E-state index in [-0.39, 0.29) is 5.91 Å². The minimum Gasteiger partial charge on any atom is -0.497 e. The highest BCUT2D eigenvalue weighted by atomic mass is 16.5. The molecule has 0 atom stereocenters. The minimum absolute atomic E-state index is 0.192. The zero-order valence-electron chi connectivity index (χ0n) is 13.9. The van der Waals surface area contributed by atoms with E-state index in [1.807, 2.05) is 55.5 Å². The van der Waals surface area contributed by atoms with E-state index in [0.717, 1.165) is 28.3 Å². The maximum absolute atomic E-state index is 12.5. The third-order valence-electron chi connectivity index (χ3n) is 3.79. The van der Waals surface area contributed by atoms with Crippen molar-refractivity contribution in [3.63, 3.8) is 0 Å². The van der Waals surface area contributed by atoms with Crippen LogP contribution in [0.3, 0.4) is 0 Å². The maximum atomic E-state index is 12.5. The van der Waals surface area contributed by atoms with Gasteiger partial charge in [0.1, 0.15) is 11.4 Å². The van der Waals surface area contributed by atoms with E-state index in [1.165, 1.54) is 0 Å². The van der Waals surface area contributed by atoms with Gasteiger partial charge in [0.25, 0.3) is 5.91 Å². The average molecular weight is 321 g/mol. The van der Waals surface area contributed by atoms with E-state index in [1.54, 1.807) is 24.9 Å². The molecule has 0 radical (unpaired) electrons. The third kappa shape index (κ3) is 3.30. The predicted molar refractivity (Wildman–Crippen MR) is 94.3 cm³/mol. The van der Waals surface area contributed by atoms with Crippen molar-refractivity contribution in [3.05, 3.63) is 65.9 Å². The molecule has 1 heterocycles. The molecule has 24 heavy (non-hydrogen) atoms. The number of carbonyl (C=O) groups excluding carboxylic acids is 1. The lowest BCUT2D eigenvalue weighted by molar-refractivity contribution is 0.101. The Morgan fingerprint density at radius 3 is 2.58 bits per heavy atom. The minimum atomic E-state index is -0.192. The van der Waals surface area contributed by atoms with Crippen molar-refractivity contribution in [2.45, 2.75) is 6.92 Å². The van der Waals surface area contributed by atoms with Crippen molar-refractivity contribution < 1.29 is 9.53 Å². The topological polar surface area (TPSA) is 56.1 Å². The summed E-state index contributed by atoms with van der Waals surface area (Å²) in [6, 6.07) is 17.1. The summed E-state index contributed by atoms with van der Waals surface area (Å²) in [5, 5.41) is 7.32. The van der Waals surface area contributed by atoms with Gasteiger partial charge in [-0.15, -0.1) is 0 Å². The Labute approximate surface area is 140 Å². The molecule has 5 heteroatoms. The number of aryl methyl sites for hydroxylation is 2.